The molecule has 1 heterocycles. The molecule has 1 fully saturated rings. The minimum absolute atomic E-state index is 0.210. The highest BCUT2D eigenvalue weighted by molar-refractivity contribution is 9.10. The van der Waals surface area contributed by atoms with Gasteiger partial charge in [-0.25, -0.2) is 4.39 Å². The molecule has 0 radical (unpaired) electrons. The molecule has 1 aromatic carbocycles. The molecule has 1 saturated heterocycles. The molecule has 1 aliphatic heterocycles. The number of hydrogen-bond donors (Lipinski definition) is 1. The van der Waals surface area contributed by atoms with Gasteiger partial charge in [0, 0.05) is 25.7 Å². The average molecular weight is 273 g/mol. The zero-order valence-electron chi connectivity index (χ0n) is 8.42. The van der Waals surface area contributed by atoms with Gasteiger partial charge in [0.2, 0.25) is 0 Å². The lowest BCUT2D eigenvalue weighted by Gasteiger charge is -2.40. The number of hydrogen-bond acceptors (Lipinski definition) is 2. The molecule has 82 valence electrons. The molecule has 4 heteroatoms. The second-order valence-electron chi connectivity index (χ2n) is 3.90. The van der Waals surface area contributed by atoms with Gasteiger partial charge in [-0.2, -0.15) is 0 Å². The Morgan fingerprint density at radius 1 is 1.53 bits per heavy atom. The van der Waals surface area contributed by atoms with Crippen LogP contribution in [0.15, 0.2) is 22.7 Å². The van der Waals surface area contributed by atoms with E-state index in [0.717, 1.165) is 18.7 Å². The minimum Gasteiger partial charge on any atom is -0.329 e. The Kier molecular flexibility index (Phi) is 3.38. The van der Waals surface area contributed by atoms with Crippen LogP contribution in [0.4, 0.5) is 4.39 Å². The van der Waals surface area contributed by atoms with Gasteiger partial charge in [-0.1, -0.05) is 6.07 Å². The quantitative estimate of drug-likeness (QED) is 0.914. The molecule has 2 nitrogen and oxygen atoms in total. The summed E-state index contributed by atoms with van der Waals surface area (Å²) in [5.41, 5.74) is 6.75. The predicted molar refractivity (Wildman–Crippen MR) is 62.0 cm³/mol. The normalized spacial score (nSPS) is 21.4. The Hall–Kier alpha value is -0.450. The smallest absolute Gasteiger partial charge is 0.137 e. The highest BCUT2D eigenvalue weighted by Gasteiger charge is 2.26. The Balaban J connectivity index is 2.02. The lowest BCUT2D eigenvalue weighted by atomic mass is 10.0. The fraction of sp³-hybridized carbons (Fsp3) is 0.455. The topological polar surface area (TPSA) is 29.3 Å². The zero-order chi connectivity index (χ0) is 10.8. The van der Waals surface area contributed by atoms with E-state index in [2.05, 4.69) is 20.8 Å². The Morgan fingerprint density at radius 3 is 2.87 bits per heavy atom. The molecule has 1 aromatic rings. The number of halogens is 2. The molecule has 0 aromatic heterocycles. The van der Waals surface area contributed by atoms with Gasteiger partial charge in [-0.15, -0.1) is 0 Å². The molecular formula is C11H14BrFN2. The summed E-state index contributed by atoms with van der Waals surface area (Å²) in [5, 5.41) is 0. The van der Waals surface area contributed by atoms with Crippen molar-refractivity contribution in [3.63, 3.8) is 0 Å². The van der Waals surface area contributed by atoms with E-state index < -0.39 is 0 Å². The summed E-state index contributed by atoms with van der Waals surface area (Å²) in [4.78, 5) is 2.32. The first-order valence-corrected chi connectivity index (χ1v) is 5.88. The first-order chi connectivity index (χ1) is 7.20. The summed E-state index contributed by atoms with van der Waals surface area (Å²) in [6, 6.07) is 5.66. The molecule has 15 heavy (non-hydrogen) atoms. The SMILES string of the molecule is NCC1CCN1Cc1ccc(F)c(Br)c1. The molecule has 0 saturated carbocycles. The van der Waals surface area contributed by atoms with E-state index in [1.807, 2.05) is 12.1 Å². The number of rotatable bonds is 3. The first-order valence-electron chi connectivity index (χ1n) is 5.08. The van der Waals surface area contributed by atoms with E-state index in [0.29, 0.717) is 17.1 Å². The fourth-order valence-corrected chi connectivity index (χ4v) is 2.27. The van der Waals surface area contributed by atoms with Crippen LogP contribution in [0, 0.1) is 5.82 Å². The van der Waals surface area contributed by atoms with Gasteiger partial charge in [0.25, 0.3) is 0 Å². The van der Waals surface area contributed by atoms with Crippen LogP contribution >= 0.6 is 15.9 Å². The summed E-state index contributed by atoms with van der Waals surface area (Å²) >= 11 is 3.19. The van der Waals surface area contributed by atoms with Gasteiger partial charge >= 0.3 is 0 Å². The summed E-state index contributed by atoms with van der Waals surface area (Å²) < 4.78 is 13.5. The van der Waals surface area contributed by atoms with Gasteiger partial charge < -0.3 is 5.73 Å². The lowest BCUT2D eigenvalue weighted by molar-refractivity contribution is 0.0882. The standard InChI is InChI=1S/C11H14BrFN2/c12-10-5-8(1-2-11(10)13)7-15-4-3-9(15)6-14/h1-2,5,9H,3-4,6-7,14H2. The summed E-state index contributed by atoms with van der Waals surface area (Å²) in [5.74, 6) is -0.210. The predicted octanol–water partition coefficient (Wildman–Crippen LogP) is 2.12. The molecule has 2 rings (SSSR count). The largest absolute Gasteiger partial charge is 0.329 e. The van der Waals surface area contributed by atoms with Crippen LogP contribution in [-0.2, 0) is 6.54 Å². The van der Waals surface area contributed by atoms with Crippen LogP contribution in [0.1, 0.15) is 12.0 Å². The molecule has 0 aliphatic carbocycles. The van der Waals surface area contributed by atoms with Gasteiger partial charge in [0.05, 0.1) is 4.47 Å². The third-order valence-electron chi connectivity index (χ3n) is 2.91. The van der Waals surface area contributed by atoms with E-state index in [1.165, 1.54) is 12.5 Å². The van der Waals surface area contributed by atoms with Crippen molar-refractivity contribution in [1.29, 1.82) is 0 Å². The average Bonchev–Trinajstić information content (AvgIpc) is 2.19. The molecule has 1 aliphatic rings. The first kappa shape index (κ1) is 11.0. The number of likely N-dealkylation sites (tertiary alicyclic amines) is 1. The highest BCUT2D eigenvalue weighted by atomic mass is 79.9. The number of benzene rings is 1. The molecular weight excluding hydrogens is 259 g/mol. The molecule has 0 amide bonds. The van der Waals surface area contributed by atoms with Crippen LogP contribution in [0.2, 0.25) is 0 Å². The van der Waals surface area contributed by atoms with Gasteiger partial charge in [0.15, 0.2) is 0 Å². The fourth-order valence-electron chi connectivity index (χ4n) is 1.84. The number of nitrogens with two attached hydrogens (primary N) is 1. The van der Waals surface area contributed by atoms with Crippen molar-refractivity contribution in [3.8, 4) is 0 Å². The van der Waals surface area contributed by atoms with Crippen molar-refractivity contribution in [2.24, 2.45) is 5.73 Å². The van der Waals surface area contributed by atoms with Crippen molar-refractivity contribution in [3.05, 3.63) is 34.1 Å². The molecule has 1 atom stereocenters. The van der Waals surface area contributed by atoms with E-state index in [9.17, 15) is 4.39 Å². The van der Waals surface area contributed by atoms with Crippen molar-refractivity contribution in [1.82, 2.24) is 4.90 Å². The molecule has 2 N–H and O–H groups in total. The molecule has 1 unspecified atom stereocenters. The summed E-state index contributed by atoms with van der Waals surface area (Å²) in [6.45, 7) is 2.67. The summed E-state index contributed by atoms with van der Waals surface area (Å²) in [7, 11) is 0. The van der Waals surface area contributed by atoms with Crippen molar-refractivity contribution < 1.29 is 4.39 Å². The summed E-state index contributed by atoms with van der Waals surface area (Å²) in [6.07, 6.45) is 1.18. The monoisotopic (exact) mass is 272 g/mol. The zero-order valence-corrected chi connectivity index (χ0v) is 10.0. The Morgan fingerprint density at radius 2 is 2.33 bits per heavy atom. The maximum atomic E-state index is 13.0. The van der Waals surface area contributed by atoms with Crippen molar-refractivity contribution in [2.75, 3.05) is 13.1 Å². The lowest BCUT2D eigenvalue weighted by Crippen LogP contribution is -2.50. The Labute approximate surface area is 97.4 Å². The van der Waals surface area contributed by atoms with Crippen LogP contribution in [0.3, 0.4) is 0 Å². The van der Waals surface area contributed by atoms with E-state index >= 15 is 0 Å². The van der Waals surface area contributed by atoms with E-state index in [1.54, 1.807) is 0 Å². The van der Waals surface area contributed by atoms with Crippen molar-refractivity contribution >= 4 is 15.9 Å². The second-order valence-corrected chi connectivity index (χ2v) is 4.75. The maximum Gasteiger partial charge on any atom is 0.137 e. The molecule has 0 bridgehead atoms. The minimum atomic E-state index is -0.210. The van der Waals surface area contributed by atoms with Gasteiger partial charge in [-0.3, -0.25) is 4.90 Å². The van der Waals surface area contributed by atoms with Crippen LogP contribution in [-0.4, -0.2) is 24.0 Å². The van der Waals surface area contributed by atoms with Crippen LogP contribution < -0.4 is 5.73 Å². The van der Waals surface area contributed by atoms with E-state index in [4.69, 9.17) is 5.73 Å². The van der Waals surface area contributed by atoms with Gasteiger partial charge in [-0.05, 0) is 40.0 Å². The highest BCUT2D eigenvalue weighted by Crippen LogP contribution is 2.22. The maximum absolute atomic E-state index is 13.0. The van der Waals surface area contributed by atoms with Crippen LogP contribution in [0.25, 0.3) is 0 Å². The molecule has 0 spiro atoms. The van der Waals surface area contributed by atoms with Crippen LogP contribution in [0.5, 0.6) is 0 Å². The second kappa shape index (κ2) is 4.60. The third kappa shape index (κ3) is 2.38. The third-order valence-corrected chi connectivity index (χ3v) is 3.52. The number of nitrogens with zero attached hydrogens (tertiary/aromatic N) is 1. The Bertz CT molecular complexity index is 354. The van der Waals surface area contributed by atoms with E-state index in [-0.39, 0.29) is 5.82 Å². The van der Waals surface area contributed by atoms with Crippen molar-refractivity contribution in [2.45, 2.75) is 19.0 Å². The van der Waals surface area contributed by atoms with Gasteiger partial charge in [0.1, 0.15) is 5.82 Å².